The Morgan fingerprint density at radius 3 is 1.84 bits per heavy atom. The monoisotopic (exact) mass is 393 g/mol. The summed E-state index contributed by atoms with van der Waals surface area (Å²) in [6, 6.07) is 0. The molecule has 0 saturated heterocycles. The van der Waals surface area contributed by atoms with E-state index in [1.54, 1.807) is 6.92 Å². The predicted octanol–water partition coefficient (Wildman–Crippen LogP) is 2.28. The molecule has 0 aromatic carbocycles. The van der Waals surface area contributed by atoms with Crippen LogP contribution in [-0.2, 0) is 33.9 Å². The molecular formula is C14H27F2O8S-. The van der Waals surface area contributed by atoms with Gasteiger partial charge in [0.25, 0.3) is 0 Å². The molecule has 0 aromatic heterocycles. The Hall–Kier alpha value is -1.33. The Morgan fingerprint density at radius 2 is 1.52 bits per heavy atom. The SMILES string of the molecule is C.C.CCC(C)(C)C(=O)OC(C)(OCC(F)(F)S(=O)(=O)[O-])C(=O)OC. The maximum absolute atomic E-state index is 13.1. The van der Waals surface area contributed by atoms with Crippen LogP contribution in [0.4, 0.5) is 8.78 Å². The summed E-state index contributed by atoms with van der Waals surface area (Å²) in [6.07, 6.45) is 0.300. The number of carbonyl (C=O) groups is 2. The minimum absolute atomic E-state index is 0. The first kappa shape index (κ1) is 28.5. The molecule has 11 heteroatoms. The minimum Gasteiger partial charge on any atom is -0.743 e. The van der Waals surface area contributed by atoms with Gasteiger partial charge >= 0.3 is 23.0 Å². The van der Waals surface area contributed by atoms with Gasteiger partial charge < -0.3 is 18.8 Å². The molecule has 25 heavy (non-hydrogen) atoms. The van der Waals surface area contributed by atoms with Crippen molar-refractivity contribution in [1.82, 2.24) is 0 Å². The zero-order valence-corrected chi connectivity index (χ0v) is 14.2. The van der Waals surface area contributed by atoms with E-state index in [-0.39, 0.29) is 14.9 Å². The Bertz CT molecular complexity index is 559. The second-order valence-electron chi connectivity index (χ2n) is 5.44. The van der Waals surface area contributed by atoms with E-state index in [0.29, 0.717) is 6.42 Å². The van der Waals surface area contributed by atoms with Crippen molar-refractivity contribution in [3.8, 4) is 0 Å². The van der Waals surface area contributed by atoms with Crippen molar-refractivity contribution in [3.05, 3.63) is 0 Å². The van der Waals surface area contributed by atoms with Crippen molar-refractivity contribution in [2.75, 3.05) is 13.7 Å². The molecular weight excluding hydrogens is 366 g/mol. The summed E-state index contributed by atoms with van der Waals surface area (Å²) >= 11 is 0. The summed E-state index contributed by atoms with van der Waals surface area (Å²) in [6.45, 7) is 3.42. The lowest BCUT2D eigenvalue weighted by atomic mass is 9.90. The first-order valence-corrected chi connectivity index (χ1v) is 7.83. The van der Waals surface area contributed by atoms with Crippen LogP contribution in [0.3, 0.4) is 0 Å². The number of alkyl halides is 2. The van der Waals surface area contributed by atoms with Crippen LogP contribution < -0.4 is 0 Å². The van der Waals surface area contributed by atoms with Crippen LogP contribution in [0.1, 0.15) is 49.0 Å². The van der Waals surface area contributed by atoms with E-state index in [9.17, 15) is 31.3 Å². The third-order valence-corrected chi connectivity index (χ3v) is 4.01. The van der Waals surface area contributed by atoms with E-state index in [1.165, 1.54) is 13.8 Å². The van der Waals surface area contributed by atoms with Gasteiger partial charge in [-0.1, -0.05) is 21.8 Å². The summed E-state index contributed by atoms with van der Waals surface area (Å²) in [5.41, 5.74) is -1.06. The third-order valence-electron chi connectivity index (χ3n) is 3.16. The van der Waals surface area contributed by atoms with Crippen LogP contribution in [0.25, 0.3) is 0 Å². The molecule has 1 unspecified atom stereocenters. The first-order chi connectivity index (χ1) is 10.1. The molecule has 1 atom stereocenters. The van der Waals surface area contributed by atoms with Crippen molar-refractivity contribution < 1.29 is 45.6 Å². The highest BCUT2D eigenvalue weighted by Crippen LogP contribution is 2.29. The van der Waals surface area contributed by atoms with Crippen molar-refractivity contribution in [3.63, 3.8) is 0 Å². The standard InChI is InChI=1S/C12H20F2O8S.2CH4/c1-6-10(2,3)8(15)22-11(4,9(16)20-5)21-7-12(13,14)23(17,18)19;;/h6-7H2,1-5H3,(H,17,18,19);2*1H4/p-1. The van der Waals surface area contributed by atoms with Crippen LogP contribution in [-0.4, -0.2) is 49.7 Å². The Morgan fingerprint density at radius 1 is 1.08 bits per heavy atom. The quantitative estimate of drug-likeness (QED) is 0.350. The predicted molar refractivity (Wildman–Crippen MR) is 84.6 cm³/mol. The molecule has 0 aliphatic rings. The highest BCUT2D eigenvalue weighted by molar-refractivity contribution is 7.86. The average Bonchev–Trinajstić information content (AvgIpc) is 2.42. The molecule has 0 saturated carbocycles. The Kier molecular flexibility index (Phi) is 10.7. The molecule has 0 heterocycles. The zero-order valence-electron chi connectivity index (χ0n) is 13.3. The molecule has 0 rings (SSSR count). The second-order valence-corrected chi connectivity index (χ2v) is 6.95. The summed E-state index contributed by atoms with van der Waals surface area (Å²) in [4.78, 5) is 23.6. The van der Waals surface area contributed by atoms with Crippen LogP contribution in [0, 0.1) is 5.41 Å². The van der Waals surface area contributed by atoms with E-state index in [2.05, 4.69) is 9.47 Å². The van der Waals surface area contributed by atoms with Gasteiger partial charge in [-0.3, -0.25) is 4.79 Å². The maximum Gasteiger partial charge on any atom is 0.379 e. The molecule has 0 aromatic rings. The van der Waals surface area contributed by atoms with Gasteiger partial charge in [-0.05, 0) is 20.3 Å². The topological polar surface area (TPSA) is 119 Å². The number of halogens is 2. The smallest absolute Gasteiger partial charge is 0.379 e. The van der Waals surface area contributed by atoms with E-state index >= 15 is 0 Å². The van der Waals surface area contributed by atoms with Crippen LogP contribution >= 0.6 is 0 Å². The number of methoxy groups -OCH3 is 1. The zero-order chi connectivity index (χ0) is 18.7. The molecule has 0 fully saturated rings. The van der Waals surface area contributed by atoms with Crippen molar-refractivity contribution >= 4 is 22.1 Å². The molecule has 0 bridgehead atoms. The van der Waals surface area contributed by atoms with Crippen LogP contribution in [0.15, 0.2) is 0 Å². The van der Waals surface area contributed by atoms with Gasteiger partial charge in [0.05, 0.1) is 12.5 Å². The second kappa shape index (κ2) is 9.39. The summed E-state index contributed by atoms with van der Waals surface area (Å²) in [7, 11) is -5.14. The highest BCUT2D eigenvalue weighted by atomic mass is 32.2. The Labute approximate surface area is 147 Å². The molecule has 0 radical (unpaired) electrons. The largest absolute Gasteiger partial charge is 0.743 e. The lowest BCUT2D eigenvalue weighted by Gasteiger charge is -2.32. The van der Waals surface area contributed by atoms with Gasteiger partial charge in [0.15, 0.2) is 10.1 Å². The lowest BCUT2D eigenvalue weighted by Crippen LogP contribution is -2.49. The maximum atomic E-state index is 13.1. The molecule has 152 valence electrons. The van der Waals surface area contributed by atoms with Gasteiger partial charge in [-0.25, -0.2) is 13.2 Å². The molecule has 0 aliphatic heterocycles. The minimum atomic E-state index is -6.02. The number of esters is 2. The van der Waals surface area contributed by atoms with Crippen LogP contribution in [0.2, 0.25) is 0 Å². The van der Waals surface area contributed by atoms with Gasteiger partial charge in [0, 0.05) is 6.92 Å². The van der Waals surface area contributed by atoms with Gasteiger partial charge in [-0.15, -0.1) is 0 Å². The lowest BCUT2D eigenvalue weighted by molar-refractivity contribution is -0.249. The first-order valence-electron chi connectivity index (χ1n) is 6.42. The number of hydrogen-bond acceptors (Lipinski definition) is 8. The van der Waals surface area contributed by atoms with Crippen molar-refractivity contribution in [1.29, 1.82) is 0 Å². The fourth-order valence-corrected chi connectivity index (χ4v) is 1.27. The fourth-order valence-electron chi connectivity index (χ4n) is 1.07. The van der Waals surface area contributed by atoms with Crippen molar-refractivity contribution in [2.24, 2.45) is 5.41 Å². The van der Waals surface area contributed by atoms with E-state index in [0.717, 1.165) is 14.0 Å². The van der Waals surface area contributed by atoms with Gasteiger partial charge in [0.2, 0.25) is 0 Å². The summed E-state index contributed by atoms with van der Waals surface area (Å²) < 4.78 is 71.1. The molecule has 0 amide bonds. The van der Waals surface area contributed by atoms with Crippen molar-refractivity contribution in [2.45, 2.75) is 60.0 Å². The molecule has 8 nitrogen and oxygen atoms in total. The van der Waals surface area contributed by atoms with E-state index in [4.69, 9.17) is 4.74 Å². The number of carbonyl (C=O) groups excluding carboxylic acids is 2. The fraction of sp³-hybridized carbons (Fsp3) is 0.857. The Balaban J connectivity index is -0.00000242. The van der Waals surface area contributed by atoms with Gasteiger partial charge in [-0.2, -0.15) is 8.78 Å². The van der Waals surface area contributed by atoms with Gasteiger partial charge in [0.1, 0.15) is 6.61 Å². The molecule has 0 N–H and O–H groups in total. The average molecular weight is 393 g/mol. The number of rotatable bonds is 8. The summed E-state index contributed by atoms with van der Waals surface area (Å²) in [5, 5.41) is -4.81. The van der Waals surface area contributed by atoms with E-state index in [1.807, 2.05) is 0 Å². The summed E-state index contributed by atoms with van der Waals surface area (Å²) in [5.74, 6) is -4.94. The molecule has 0 spiro atoms. The third kappa shape index (κ3) is 7.20. The normalized spacial score (nSPS) is 14.4. The van der Waals surface area contributed by atoms with Crippen LogP contribution in [0.5, 0.6) is 0 Å². The molecule has 0 aliphatic carbocycles. The number of ether oxygens (including phenoxy) is 3. The van der Waals surface area contributed by atoms with E-state index < -0.39 is 45.1 Å². The number of hydrogen-bond donors (Lipinski definition) is 0. The highest BCUT2D eigenvalue weighted by Gasteiger charge is 2.48.